The molecule has 0 radical (unpaired) electrons. The Kier molecular flexibility index (Phi) is 6.96. The highest BCUT2D eigenvalue weighted by atomic mass is 16.5. The van der Waals surface area contributed by atoms with Gasteiger partial charge in [-0.05, 0) is 74.1 Å². The van der Waals surface area contributed by atoms with Crippen LogP contribution in [0.15, 0.2) is 36.4 Å². The summed E-state index contributed by atoms with van der Waals surface area (Å²) in [6.07, 6.45) is 4.62. The van der Waals surface area contributed by atoms with E-state index in [-0.39, 0.29) is 24.4 Å². The maximum absolute atomic E-state index is 13.1. The zero-order valence-corrected chi connectivity index (χ0v) is 20.2. The van der Waals surface area contributed by atoms with Gasteiger partial charge in [0.25, 0.3) is 0 Å². The number of hydrogen-bond acceptors (Lipinski definition) is 5. The number of hydrogen-bond donors (Lipinski definition) is 2. The molecular weight excluding hydrogens is 416 g/mol. The van der Waals surface area contributed by atoms with Crippen molar-refractivity contribution in [1.29, 1.82) is 0 Å². The molecule has 2 aliphatic rings. The molecule has 1 aliphatic heterocycles. The average Bonchev–Trinajstić information content (AvgIpc) is 2.77. The van der Waals surface area contributed by atoms with Crippen LogP contribution in [0.25, 0.3) is 0 Å². The number of piperidine rings is 1. The third-order valence-corrected chi connectivity index (χ3v) is 7.27. The molecule has 0 unspecified atom stereocenters. The lowest BCUT2D eigenvalue weighted by atomic mass is 9.66. The van der Waals surface area contributed by atoms with Gasteiger partial charge in [-0.3, -0.25) is 9.69 Å². The van der Waals surface area contributed by atoms with Crippen LogP contribution in [0, 0.1) is 19.8 Å². The fourth-order valence-electron chi connectivity index (χ4n) is 5.83. The maximum atomic E-state index is 13.1. The summed E-state index contributed by atoms with van der Waals surface area (Å²) >= 11 is 0. The molecule has 4 rings (SSSR count). The molecule has 6 nitrogen and oxygen atoms in total. The summed E-state index contributed by atoms with van der Waals surface area (Å²) in [5, 5.41) is 14.6. The Morgan fingerprint density at radius 3 is 2.48 bits per heavy atom. The molecular formula is C27H36N2O4. The highest BCUT2D eigenvalue weighted by molar-refractivity contribution is 5.92. The first kappa shape index (κ1) is 23.6. The van der Waals surface area contributed by atoms with Crippen LogP contribution in [0.1, 0.15) is 54.8 Å². The van der Waals surface area contributed by atoms with E-state index in [0.717, 1.165) is 48.1 Å². The van der Waals surface area contributed by atoms with Crippen molar-refractivity contribution in [2.24, 2.45) is 5.92 Å². The van der Waals surface area contributed by atoms with Crippen molar-refractivity contribution in [3.05, 3.63) is 53.1 Å². The average molecular weight is 453 g/mol. The van der Waals surface area contributed by atoms with Crippen LogP contribution in [0.5, 0.6) is 11.5 Å². The van der Waals surface area contributed by atoms with Crippen molar-refractivity contribution in [3.8, 4) is 11.5 Å². The van der Waals surface area contributed by atoms with E-state index in [0.29, 0.717) is 24.5 Å². The van der Waals surface area contributed by atoms with E-state index < -0.39 is 5.60 Å². The highest BCUT2D eigenvalue weighted by Gasteiger charge is 2.49. The Labute approximate surface area is 196 Å². The lowest BCUT2D eigenvalue weighted by Crippen LogP contribution is -2.56. The van der Waals surface area contributed by atoms with E-state index in [1.54, 1.807) is 14.2 Å². The number of amides is 1. The standard InChI is InChI=1S/C27H36N2O4/c1-18-13-19(2)15-21(14-18)28-25(30)17-29-12-11-27(31)10-6-5-7-22(27)26(29)20-8-9-23(32-3)24(16-20)33-4/h8-9,13-16,22,26,31H,5-7,10-12,17H2,1-4H3,(H,28,30)/t22-,26-,27+/m0/s1. The molecule has 0 bridgehead atoms. The number of aryl methyl sites for hydroxylation is 2. The number of nitrogens with one attached hydrogen (secondary N) is 1. The first-order valence-electron chi connectivity index (χ1n) is 11.9. The fourth-order valence-corrected chi connectivity index (χ4v) is 5.83. The van der Waals surface area contributed by atoms with Gasteiger partial charge in [0.1, 0.15) is 0 Å². The monoisotopic (exact) mass is 452 g/mol. The Hall–Kier alpha value is -2.57. The minimum atomic E-state index is -0.684. The van der Waals surface area contributed by atoms with Crippen LogP contribution >= 0.6 is 0 Å². The smallest absolute Gasteiger partial charge is 0.238 e. The number of methoxy groups -OCH3 is 2. The number of carbonyl (C=O) groups excluding carboxylic acids is 1. The fraction of sp³-hybridized carbons (Fsp3) is 0.519. The summed E-state index contributed by atoms with van der Waals surface area (Å²) < 4.78 is 11.0. The van der Waals surface area contributed by atoms with Crippen molar-refractivity contribution < 1.29 is 19.4 Å². The second kappa shape index (κ2) is 9.74. The molecule has 0 spiro atoms. The summed E-state index contributed by atoms with van der Waals surface area (Å²) in [4.78, 5) is 15.3. The molecule has 3 atom stereocenters. The zero-order chi connectivity index (χ0) is 23.6. The molecule has 33 heavy (non-hydrogen) atoms. The number of ether oxygens (including phenoxy) is 2. The van der Waals surface area contributed by atoms with Gasteiger partial charge >= 0.3 is 0 Å². The van der Waals surface area contributed by atoms with E-state index >= 15 is 0 Å². The van der Waals surface area contributed by atoms with E-state index in [2.05, 4.69) is 16.3 Å². The lowest BCUT2D eigenvalue weighted by Gasteiger charge is -2.52. The van der Waals surface area contributed by atoms with Crippen molar-refractivity contribution in [1.82, 2.24) is 4.90 Å². The van der Waals surface area contributed by atoms with Crippen LogP contribution in [0.4, 0.5) is 5.69 Å². The normalized spacial score (nSPS) is 25.2. The van der Waals surface area contributed by atoms with Crippen LogP contribution in [-0.4, -0.2) is 48.8 Å². The molecule has 1 saturated heterocycles. The molecule has 178 valence electrons. The zero-order valence-electron chi connectivity index (χ0n) is 20.2. The van der Waals surface area contributed by atoms with Gasteiger partial charge in [0.05, 0.1) is 26.4 Å². The molecule has 1 aliphatic carbocycles. The van der Waals surface area contributed by atoms with Gasteiger partial charge in [-0.1, -0.05) is 25.0 Å². The number of aliphatic hydroxyl groups is 1. The number of nitrogens with zero attached hydrogens (tertiary/aromatic N) is 1. The second-order valence-electron chi connectivity index (χ2n) is 9.66. The van der Waals surface area contributed by atoms with Crippen LogP contribution in [0.3, 0.4) is 0 Å². The summed E-state index contributed by atoms with van der Waals surface area (Å²) in [5.74, 6) is 1.38. The molecule has 2 fully saturated rings. The molecule has 2 N–H and O–H groups in total. The molecule has 1 heterocycles. The van der Waals surface area contributed by atoms with Gasteiger partial charge < -0.3 is 19.9 Å². The van der Waals surface area contributed by atoms with Gasteiger partial charge in [0, 0.05) is 24.2 Å². The van der Waals surface area contributed by atoms with Crippen molar-refractivity contribution in [2.75, 3.05) is 32.6 Å². The van der Waals surface area contributed by atoms with Crippen molar-refractivity contribution >= 4 is 11.6 Å². The van der Waals surface area contributed by atoms with E-state index in [1.807, 2.05) is 44.2 Å². The van der Waals surface area contributed by atoms with E-state index in [4.69, 9.17) is 9.47 Å². The predicted octanol–water partition coefficient (Wildman–Crippen LogP) is 4.63. The second-order valence-corrected chi connectivity index (χ2v) is 9.66. The number of benzene rings is 2. The van der Waals surface area contributed by atoms with E-state index in [9.17, 15) is 9.90 Å². The van der Waals surface area contributed by atoms with Gasteiger partial charge in [0.15, 0.2) is 11.5 Å². The Bertz CT molecular complexity index is 987. The first-order chi connectivity index (χ1) is 15.8. The molecule has 1 saturated carbocycles. The van der Waals surface area contributed by atoms with Crippen molar-refractivity contribution in [2.45, 2.75) is 57.6 Å². The number of rotatable bonds is 6. The van der Waals surface area contributed by atoms with Crippen LogP contribution < -0.4 is 14.8 Å². The molecule has 2 aromatic carbocycles. The lowest BCUT2D eigenvalue weighted by molar-refractivity contribution is -0.135. The van der Waals surface area contributed by atoms with Gasteiger partial charge in [-0.15, -0.1) is 0 Å². The predicted molar refractivity (Wildman–Crippen MR) is 130 cm³/mol. The summed E-state index contributed by atoms with van der Waals surface area (Å²) in [5.41, 5.74) is 3.44. The van der Waals surface area contributed by atoms with Crippen LogP contribution in [-0.2, 0) is 4.79 Å². The third-order valence-electron chi connectivity index (χ3n) is 7.27. The molecule has 6 heteroatoms. The Morgan fingerprint density at radius 2 is 1.79 bits per heavy atom. The third kappa shape index (κ3) is 5.02. The first-order valence-corrected chi connectivity index (χ1v) is 11.9. The molecule has 2 aromatic rings. The SMILES string of the molecule is COc1ccc([C@H]2[C@@H]3CCCC[C@@]3(O)CCN2CC(=O)Nc2cc(C)cc(C)c2)cc1OC. The largest absolute Gasteiger partial charge is 0.493 e. The summed E-state index contributed by atoms with van der Waals surface area (Å²) in [6, 6.07) is 12.0. The highest BCUT2D eigenvalue weighted by Crippen LogP contribution is 2.50. The van der Waals surface area contributed by atoms with Gasteiger partial charge in [-0.2, -0.15) is 0 Å². The summed E-state index contributed by atoms with van der Waals surface area (Å²) in [6.45, 7) is 5.01. The van der Waals surface area contributed by atoms with Crippen LogP contribution in [0.2, 0.25) is 0 Å². The number of likely N-dealkylation sites (tertiary alicyclic amines) is 1. The Morgan fingerprint density at radius 1 is 1.06 bits per heavy atom. The van der Waals surface area contributed by atoms with Gasteiger partial charge in [0.2, 0.25) is 5.91 Å². The minimum Gasteiger partial charge on any atom is -0.493 e. The topological polar surface area (TPSA) is 71.0 Å². The van der Waals surface area contributed by atoms with Gasteiger partial charge in [-0.25, -0.2) is 0 Å². The number of fused-ring (bicyclic) bond motifs is 1. The summed E-state index contributed by atoms with van der Waals surface area (Å²) in [7, 11) is 3.26. The van der Waals surface area contributed by atoms with E-state index in [1.165, 1.54) is 0 Å². The minimum absolute atomic E-state index is 0.0354. The molecule has 0 aromatic heterocycles. The quantitative estimate of drug-likeness (QED) is 0.669. The molecule has 1 amide bonds. The van der Waals surface area contributed by atoms with Crippen molar-refractivity contribution in [3.63, 3.8) is 0 Å². The maximum Gasteiger partial charge on any atom is 0.238 e. The number of anilines is 1. The Balaban J connectivity index is 1.62. The number of carbonyl (C=O) groups is 1.